The van der Waals surface area contributed by atoms with Crippen molar-refractivity contribution in [3.63, 3.8) is 0 Å². The van der Waals surface area contributed by atoms with Crippen molar-refractivity contribution in [1.82, 2.24) is 20.4 Å². The van der Waals surface area contributed by atoms with Crippen LogP contribution >= 0.6 is 0 Å². The highest BCUT2D eigenvalue weighted by molar-refractivity contribution is 6.06. The first kappa shape index (κ1) is 16.5. The van der Waals surface area contributed by atoms with Gasteiger partial charge in [-0.2, -0.15) is 0 Å². The molecule has 0 radical (unpaired) electrons. The molecule has 1 saturated heterocycles. The van der Waals surface area contributed by atoms with Gasteiger partial charge in [-0.05, 0) is 44.7 Å². The fourth-order valence-corrected chi connectivity index (χ4v) is 3.68. The lowest BCUT2D eigenvalue weighted by molar-refractivity contribution is 0.0709. The Balaban J connectivity index is 1.73. The molecule has 4 rings (SSSR count). The van der Waals surface area contributed by atoms with Crippen LogP contribution in [0.1, 0.15) is 73.1 Å². The van der Waals surface area contributed by atoms with Crippen molar-refractivity contribution >= 4 is 17.0 Å². The fraction of sp³-hybridized carbons (Fsp3) is 0.632. The van der Waals surface area contributed by atoms with Gasteiger partial charge < -0.3 is 14.7 Å². The number of likely N-dealkylation sites (tertiary alicyclic amines) is 1. The Morgan fingerprint density at radius 3 is 2.60 bits per heavy atom. The van der Waals surface area contributed by atoms with Crippen LogP contribution in [0.25, 0.3) is 11.1 Å². The number of carbonyl (C=O) groups excluding carboxylic acids is 1. The summed E-state index contributed by atoms with van der Waals surface area (Å²) in [6.45, 7) is 5.71. The summed E-state index contributed by atoms with van der Waals surface area (Å²) in [5.41, 5.74) is 3.05. The molecule has 2 aromatic rings. The van der Waals surface area contributed by atoms with Crippen molar-refractivity contribution in [1.29, 1.82) is 0 Å². The molecule has 1 amide bonds. The van der Waals surface area contributed by atoms with Crippen LogP contribution in [0, 0.1) is 0 Å². The molecule has 3 heterocycles. The average molecular weight is 342 g/mol. The van der Waals surface area contributed by atoms with Crippen LogP contribution in [0.15, 0.2) is 10.6 Å². The molecule has 1 saturated carbocycles. The van der Waals surface area contributed by atoms with Crippen LogP contribution in [0.3, 0.4) is 0 Å². The average Bonchev–Trinajstić information content (AvgIpc) is 3.39. The van der Waals surface area contributed by atoms with Gasteiger partial charge in [0.25, 0.3) is 11.6 Å². The predicted molar refractivity (Wildman–Crippen MR) is 95.9 cm³/mol. The molecule has 0 aromatic carbocycles. The monoisotopic (exact) mass is 342 g/mol. The Morgan fingerprint density at radius 1 is 1.28 bits per heavy atom. The zero-order chi connectivity index (χ0) is 17.6. The van der Waals surface area contributed by atoms with E-state index < -0.39 is 0 Å². The van der Waals surface area contributed by atoms with Crippen molar-refractivity contribution in [2.45, 2.75) is 57.4 Å². The largest absolute Gasteiger partial charge is 0.339 e. The van der Waals surface area contributed by atoms with Gasteiger partial charge in [0.15, 0.2) is 0 Å². The Hall–Kier alpha value is -1.95. The number of hydrogen-bond donors (Lipinski definition) is 1. The molecular formula is C19H26N4O2. The Bertz CT molecular complexity index is 786. The van der Waals surface area contributed by atoms with E-state index in [1.54, 1.807) is 0 Å². The van der Waals surface area contributed by atoms with Crippen LogP contribution in [0.5, 0.6) is 0 Å². The number of hydrogen-bond acceptors (Lipinski definition) is 5. The molecule has 6 heteroatoms. The van der Waals surface area contributed by atoms with Gasteiger partial charge in [-0.15, -0.1) is 0 Å². The summed E-state index contributed by atoms with van der Waals surface area (Å²) in [7, 11) is 1.99. The van der Waals surface area contributed by atoms with Gasteiger partial charge in [-0.3, -0.25) is 4.79 Å². The minimum Gasteiger partial charge on any atom is -0.339 e. The maximum absolute atomic E-state index is 13.3. The van der Waals surface area contributed by atoms with Gasteiger partial charge in [0.1, 0.15) is 0 Å². The number of amides is 1. The van der Waals surface area contributed by atoms with E-state index in [9.17, 15) is 4.79 Å². The first-order chi connectivity index (χ1) is 12.1. The van der Waals surface area contributed by atoms with Crippen LogP contribution in [0.4, 0.5) is 0 Å². The molecule has 0 spiro atoms. The molecule has 6 nitrogen and oxygen atoms in total. The van der Waals surface area contributed by atoms with Gasteiger partial charge in [-0.1, -0.05) is 19.0 Å². The molecule has 1 N–H and O–H groups in total. The summed E-state index contributed by atoms with van der Waals surface area (Å²) in [4.78, 5) is 19.9. The Labute approximate surface area is 148 Å². The number of nitrogens with zero attached hydrogens (tertiary/aromatic N) is 3. The van der Waals surface area contributed by atoms with E-state index >= 15 is 0 Å². The van der Waals surface area contributed by atoms with Crippen molar-refractivity contribution in [2.24, 2.45) is 0 Å². The summed E-state index contributed by atoms with van der Waals surface area (Å²) >= 11 is 0. The van der Waals surface area contributed by atoms with E-state index in [4.69, 9.17) is 4.52 Å². The molecular weight excluding hydrogens is 316 g/mol. The molecule has 0 bridgehead atoms. The topological polar surface area (TPSA) is 71.3 Å². The standard InChI is InChI=1S/C19H26N4O2/c1-11(2)17-16-14(19(24)23-8-6-13(20-3)7-9-23)10-15(12-4-5-12)21-18(16)25-22-17/h10-13,20H,4-9H2,1-3H3. The van der Waals surface area contributed by atoms with E-state index in [2.05, 4.69) is 29.3 Å². The normalized spacial score (nSPS) is 19.1. The van der Waals surface area contributed by atoms with Crippen LogP contribution < -0.4 is 5.32 Å². The molecule has 134 valence electrons. The van der Waals surface area contributed by atoms with Crippen LogP contribution in [-0.4, -0.2) is 47.1 Å². The first-order valence-corrected chi connectivity index (χ1v) is 9.35. The lowest BCUT2D eigenvalue weighted by Gasteiger charge is -2.32. The van der Waals surface area contributed by atoms with Gasteiger partial charge in [0, 0.05) is 30.7 Å². The predicted octanol–water partition coefficient (Wildman–Crippen LogP) is 3.05. The van der Waals surface area contributed by atoms with Gasteiger partial charge in [-0.25, -0.2) is 4.98 Å². The second-order valence-corrected chi connectivity index (χ2v) is 7.63. The van der Waals surface area contributed by atoms with E-state index in [0.29, 0.717) is 17.7 Å². The van der Waals surface area contributed by atoms with E-state index in [1.165, 1.54) is 0 Å². The van der Waals surface area contributed by atoms with Gasteiger partial charge in [0.05, 0.1) is 16.6 Å². The number of rotatable bonds is 4. The number of carbonyl (C=O) groups is 1. The highest BCUT2D eigenvalue weighted by Gasteiger charge is 2.31. The number of fused-ring (bicyclic) bond motifs is 1. The Morgan fingerprint density at radius 2 is 2.00 bits per heavy atom. The van der Waals surface area contributed by atoms with Crippen LogP contribution in [-0.2, 0) is 0 Å². The van der Waals surface area contributed by atoms with E-state index in [-0.39, 0.29) is 11.8 Å². The summed E-state index contributed by atoms with van der Waals surface area (Å²) in [5, 5.41) is 8.33. The molecule has 1 aliphatic carbocycles. The van der Waals surface area contributed by atoms with Crippen molar-refractivity contribution in [3.05, 3.63) is 23.0 Å². The summed E-state index contributed by atoms with van der Waals surface area (Å²) in [6.07, 6.45) is 4.27. The minimum absolute atomic E-state index is 0.0916. The SMILES string of the molecule is CNC1CCN(C(=O)c2cc(C3CC3)nc3onc(C(C)C)c23)CC1. The summed E-state index contributed by atoms with van der Waals surface area (Å²) < 4.78 is 5.50. The molecule has 0 atom stereocenters. The third kappa shape index (κ3) is 3.03. The zero-order valence-electron chi connectivity index (χ0n) is 15.2. The summed E-state index contributed by atoms with van der Waals surface area (Å²) in [6, 6.07) is 2.50. The number of pyridine rings is 1. The van der Waals surface area contributed by atoms with E-state index in [1.807, 2.05) is 18.0 Å². The summed E-state index contributed by atoms with van der Waals surface area (Å²) in [5.74, 6) is 0.754. The molecule has 2 fully saturated rings. The third-order valence-corrected chi connectivity index (χ3v) is 5.46. The smallest absolute Gasteiger partial charge is 0.259 e. The van der Waals surface area contributed by atoms with Crippen molar-refractivity contribution in [2.75, 3.05) is 20.1 Å². The molecule has 2 aromatic heterocycles. The first-order valence-electron chi connectivity index (χ1n) is 9.35. The maximum atomic E-state index is 13.3. The lowest BCUT2D eigenvalue weighted by atomic mass is 9.99. The number of aromatic nitrogens is 2. The van der Waals surface area contributed by atoms with Crippen molar-refractivity contribution in [3.8, 4) is 0 Å². The second-order valence-electron chi connectivity index (χ2n) is 7.63. The number of piperidine rings is 1. The highest BCUT2D eigenvalue weighted by atomic mass is 16.5. The third-order valence-electron chi connectivity index (χ3n) is 5.46. The molecule has 2 aliphatic rings. The van der Waals surface area contributed by atoms with Crippen molar-refractivity contribution < 1.29 is 9.32 Å². The van der Waals surface area contributed by atoms with Gasteiger partial charge in [0.2, 0.25) is 0 Å². The zero-order valence-corrected chi connectivity index (χ0v) is 15.2. The number of nitrogens with one attached hydrogen (secondary N) is 1. The second kappa shape index (κ2) is 6.41. The minimum atomic E-state index is 0.0916. The molecule has 25 heavy (non-hydrogen) atoms. The van der Waals surface area contributed by atoms with Crippen LogP contribution in [0.2, 0.25) is 0 Å². The maximum Gasteiger partial charge on any atom is 0.259 e. The molecule has 0 unspecified atom stereocenters. The Kier molecular flexibility index (Phi) is 4.23. The van der Waals surface area contributed by atoms with Gasteiger partial charge >= 0.3 is 0 Å². The van der Waals surface area contributed by atoms with E-state index in [0.717, 1.165) is 61.1 Å². The highest BCUT2D eigenvalue weighted by Crippen LogP contribution is 2.41. The molecule has 1 aliphatic heterocycles. The quantitative estimate of drug-likeness (QED) is 0.925. The fourth-order valence-electron chi connectivity index (χ4n) is 3.68. The lowest BCUT2D eigenvalue weighted by Crippen LogP contribution is -2.44.